The zero-order valence-electron chi connectivity index (χ0n) is 17.5. The van der Waals surface area contributed by atoms with Gasteiger partial charge in [-0.1, -0.05) is 18.2 Å². The van der Waals surface area contributed by atoms with Gasteiger partial charge in [-0.2, -0.15) is 0 Å². The average Bonchev–Trinajstić information content (AvgIpc) is 3.31. The monoisotopic (exact) mass is 426 g/mol. The number of thiophene rings is 1. The number of carbonyl (C=O) groups is 2. The summed E-state index contributed by atoms with van der Waals surface area (Å²) in [4.78, 5) is 33.0. The number of carbonyl (C=O) groups excluding carboxylic acids is 2. The molecule has 2 fully saturated rings. The number of anilines is 1. The van der Waals surface area contributed by atoms with E-state index in [1.165, 1.54) is 11.3 Å². The van der Waals surface area contributed by atoms with E-state index in [0.717, 1.165) is 50.4 Å². The molecule has 30 heavy (non-hydrogen) atoms. The van der Waals surface area contributed by atoms with Crippen LogP contribution in [0, 0.1) is 12.8 Å². The summed E-state index contributed by atoms with van der Waals surface area (Å²) in [7, 11) is 0. The number of piperidine rings is 1. The molecule has 3 amide bonds. The van der Waals surface area contributed by atoms with Crippen molar-refractivity contribution in [1.82, 2.24) is 15.1 Å². The van der Waals surface area contributed by atoms with Gasteiger partial charge in [0.1, 0.15) is 0 Å². The van der Waals surface area contributed by atoms with Gasteiger partial charge in [0.25, 0.3) is 0 Å². The molecule has 0 bridgehead atoms. The molecule has 0 saturated carbocycles. The van der Waals surface area contributed by atoms with Gasteiger partial charge in [-0.3, -0.25) is 4.79 Å². The smallest absolute Gasteiger partial charge is 0.317 e. The minimum Gasteiger partial charge on any atom is -0.368 e. The fraction of sp³-hybridized carbons (Fsp3) is 0.478. The average molecular weight is 427 g/mol. The van der Waals surface area contributed by atoms with E-state index in [-0.39, 0.29) is 17.9 Å². The number of urea groups is 1. The summed E-state index contributed by atoms with van der Waals surface area (Å²) in [6.45, 7) is 7.09. The summed E-state index contributed by atoms with van der Waals surface area (Å²) < 4.78 is 0. The number of nitrogens with one attached hydrogen (secondary N) is 1. The maximum atomic E-state index is 13.1. The van der Waals surface area contributed by atoms with Gasteiger partial charge < -0.3 is 20.0 Å². The Morgan fingerprint density at radius 3 is 2.63 bits per heavy atom. The summed E-state index contributed by atoms with van der Waals surface area (Å²) >= 11 is 1.64. The summed E-state index contributed by atoms with van der Waals surface area (Å²) in [5.41, 5.74) is 2.49. The van der Waals surface area contributed by atoms with Gasteiger partial charge in [-0.25, -0.2) is 4.79 Å². The highest BCUT2D eigenvalue weighted by Crippen LogP contribution is 2.22. The molecule has 3 heterocycles. The summed E-state index contributed by atoms with van der Waals surface area (Å²) in [5.74, 6) is 0.117. The number of amides is 3. The number of hydrogen-bond acceptors (Lipinski definition) is 4. The summed E-state index contributed by atoms with van der Waals surface area (Å²) in [6, 6.07) is 12.5. The van der Waals surface area contributed by atoms with Crippen molar-refractivity contribution in [2.24, 2.45) is 5.92 Å². The van der Waals surface area contributed by atoms with Crippen LogP contribution in [-0.2, 0) is 11.3 Å². The normalized spacial score (nSPS) is 19.6. The van der Waals surface area contributed by atoms with Crippen molar-refractivity contribution in [3.8, 4) is 0 Å². The Morgan fingerprint density at radius 2 is 1.90 bits per heavy atom. The largest absolute Gasteiger partial charge is 0.368 e. The maximum Gasteiger partial charge on any atom is 0.317 e. The number of piperazine rings is 1. The van der Waals surface area contributed by atoms with Gasteiger partial charge in [0.15, 0.2) is 0 Å². The third-order valence-corrected chi connectivity index (χ3v) is 6.89. The number of rotatable bonds is 4. The lowest BCUT2D eigenvalue weighted by Gasteiger charge is -2.39. The van der Waals surface area contributed by atoms with Crippen molar-refractivity contribution in [2.45, 2.75) is 26.3 Å². The van der Waals surface area contributed by atoms with Crippen molar-refractivity contribution in [3.63, 3.8) is 0 Å². The predicted molar refractivity (Wildman–Crippen MR) is 121 cm³/mol. The molecule has 4 rings (SSSR count). The van der Waals surface area contributed by atoms with E-state index in [1.807, 2.05) is 27.3 Å². The molecule has 1 aromatic carbocycles. The van der Waals surface area contributed by atoms with Crippen LogP contribution in [0.25, 0.3) is 0 Å². The van der Waals surface area contributed by atoms with Gasteiger partial charge in [0.2, 0.25) is 5.91 Å². The SMILES string of the molecule is Cc1cccc(N2CCN(C(=O)C3CCCN(C(=O)NCc4cccs4)C3)CC2)c1. The zero-order valence-corrected chi connectivity index (χ0v) is 18.4. The second kappa shape index (κ2) is 9.51. The molecule has 7 heteroatoms. The highest BCUT2D eigenvalue weighted by molar-refractivity contribution is 7.09. The second-order valence-electron chi connectivity index (χ2n) is 8.17. The quantitative estimate of drug-likeness (QED) is 0.816. The molecule has 0 spiro atoms. The van der Waals surface area contributed by atoms with Crippen molar-refractivity contribution in [2.75, 3.05) is 44.2 Å². The first-order valence-corrected chi connectivity index (χ1v) is 11.6. The molecule has 6 nitrogen and oxygen atoms in total. The van der Waals surface area contributed by atoms with Crippen LogP contribution in [0.2, 0.25) is 0 Å². The van der Waals surface area contributed by atoms with Crippen molar-refractivity contribution < 1.29 is 9.59 Å². The van der Waals surface area contributed by atoms with Gasteiger partial charge in [-0.05, 0) is 48.9 Å². The number of aryl methyl sites for hydroxylation is 1. The lowest BCUT2D eigenvalue weighted by atomic mass is 9.96. The number of benzene rings is 1. The molecular weight excluding hydrogens is 396 g/mol. The topological polar surface area (TPSA) is 55.9 Å². The molecule has 2 aliphatic rings. The van der Waals surface area contributed by atoms with E-state index in [4.69, 9.17) is 0 Å². The molecule has 1 N–H and O–H groups in total. The Bertz CT molecular complexity index is 862. The minimum atomic E-state index is -0.0863. The van der Waals surface area contributed by atoms with Crippen LogP contribution in [0.4, 0.5) is 10.5 Å². The predicted octanol–water partition coefficient (Wildman–Crippen LogP) is 3.33. The molecule has 2 saturated heterocycles. The first kappa shape index (κ1) is 20.7. The van der Waals surface area contributed by atoms with Crippen LogP contribution in [-0.4, -0.2) is 61.0 Å². The van der Waals surface area contributed by atoms with E-state index < -0.39 is 0 Å². The third-order valence-electron chi connectivity index (χ3n) is 6.01. The molecular formula is C23H30N4O2S. The molecule has 2 aliphatic heterocycles. The Labute approximate surface area is 182 Å². The van der Waals surface area contributed by atoms with Crippen molar-refractivity contribution in [3.05, 3.63) is 52.2 Å². The lowest BCUT2D eigenvalue weighted by molar-refractivity contribution is -0.137. The fourth-order valence-corrected chi connectivity index (χ4v) is 4.96. The van der Waals surface area contributed by atoms with E-state index in [9.17, 15) is 9.59 Å². The maximum absolute atomic E-state index is 13.1. The lowest BCUT2D eigenvalue weighted by Crippen LogP contribution is -2.54. The molecule has 0 radical (unpaired) electrons. The first-order chi connectivity index (χ1) is 14.6. The summed E-state index contributed by atoms with van der Waals surface area (Å²) in [5, 5.41) is 5.00. The van der Waals surface area contributed by atoms with Crippen LogP contribution in [0.15, 0.2) is 41.8 Å². The Balaban J connectivity index is 1.27. The van der Waals surface area contributed by atoms with Gasteiger partial charge >= 0.3 is 6.03 Å². The van der Waals surface area contributed by atoms with Gasteiger partial charge in [0.05, 0.1) is 12.5 Å². The molecule has 1 atom stereocenters. The van der Waals surface area contributed by atoms with Crippen molar-refractivity contribution in [1.29, 1.82) is 0 Å². The van der Waals surface area contributed by atoms with Crippen LogP contribution in [0.1, 0.15) is 23.3 Å². The Hall–Kier alpha value is -2.54. The van der Waals surface area contributed by atoms with Crippen LogP contribution < -0.4 is 10.2 Å². The van der Waals surface area contributed by atoms with Crippen LogP contribution >= 0.6 is 11.3 Å². The molecule has 1 unspecified atom stereocenters. The highest BCUT2D eigenvalue weighted by Gasteiger charge is 2.32. The van der Waals surface area contributed by atoms with Crippen molar-refractivity contribution >= 4 is 29.0 Å². The van der Waals surface area contributed by atoms with Crippen LogP contribution in [0.3, 0.4) is 0 Å². The zero-order chi connectivity index (χ0) is 20.9. The Kier molecular flexibility index (Phi) is 6.57. The van der Waals surface area contributed by atoms with E-state index in [1.54, 1.807) is 11.3 Å². The van der Waals surface area contributed by atoms with Gasteiger partial charge in [-0.15, -0.1) is 11.3 Å². The van der Waals surface area contributed by atoms with E-state index in [0.29, 0.717) is 13.1 Å². The fourth-order valence-electron chi connectivity index (χ4n) is 4.32. The second-order valence-corrected chi connectivity index (χ2v) is 9.21. The summed E-state index contributed by atoms with van der Waals surface area (Å²) in [6.07, 6.45) is 1.75. The van der Waals surface area contributed by atoms with E-state index in [2.05, 4.69) is 41.4 Å². The first-order valence-electron chi connectivity index (χ1n) is 10.8. The number of nitrogens with zero attached hydrogens (tertiary/aromatic N) is 3. The minimum absolute atomic E-state index is 0.0647. The molecule has 1 aromatic heterocycles. The third kappa shape index (κ3) is 4.95. The van der Waals surface area contributed by atoms with E-state index >= 15 is 0 Å². The number of hydrogen-bond donors (Lipinski definition) is 1. The highest BCUT2D eigenvalue weighted by atomic mass is 32.1. The number of likely N-dealkylation sites (tertiary alicyclic amines) is 1. The van der Waals surface area contributed by atoms with Gasteiger partial charge in [0, 0.05) is 49.8 Å². The van der Waals surface area contributed by atoms with Crippen LogP contribution in [0.5, 0.6) is 0 Å². The molecule has 0 aliphatic carbocycles. The molecule has 160 valence electrons. The Morgan fingerprint density at radius 1 is 1.07 bits per heavy atom. The molecule has 2 aromatic rings. The standard InChI is InChI=1S/C23H30N4O2S/c1-18-5-2-7-20(15-18)25-10-12-26(13-11-25)22(28)19-6-3-9-27(17-19)23(29)24-16-21-8-4-14-30-21/h2,4-5,7-8,14-15,19H,3,6,9-13,16-17H2,1H3,(H,24,29).